The number of nitrogens with one attached hydrogen (secondary N) is 1. The zero-order chi connectivity index (χ0) is 12.5. The Morgan fingerprint density at radius 1 is 1.41 bits per heavy atom. The van der Waals surface area contributed by atoms with Crippen LogP contribution >= 0.6 is 11.8 Å². The number of likely N-dealkylation sites (N-methyl/N-ethyl adjacent to an activating group) is 1. The minimum Gasteiger partial charge on any atom is -0.461 e. The molecule has 0 saturated carbocycles. The predicted molar refractivity (Wildman–Crippen MR) is 70.9 cm³/mol. The van der Waals surface area contributed by atoms with Gasteiger partial charge >= 0.3 is 5.97 Å². The van der Waals surface area contributed by atoms with Crippen LogP contribution in [0.3, 0.4) is 0 Å². The van der Waals surface area contributed by atoms with Crippen LogP contribution in [0, 0.1) is 0 Å². The van der Waals surface area contributed by atoms with Crippen molar-refractivity contribution in [3.8, 4) is 0 Å². The minimum absolute atomic E-state index is 0.302. The topological polar surface area (TPSA) is 38.3 Å². The average molecular weight is 251 g/mol. The molecule has 0 fully saturated rings. The molecule has 0 unspecified atom stereocenters. The van der Waals surface area contributed by atoms with Crippen LogP contribution in [0.4, 0.5) is 0 Å². The number of carbonyl (C=O) groups excluding carboxylic acids is 1. The smallest absolute Gasteiger partial charge is 0.354 e. The van der Waals surface area contributed by atoms with Gasteiger partial charge in [-0.25, -0.2) is 4.79 Å². The number of hydrogen-bond acceptors (Lipinski definition) is 4. The molecule has 0 amide bonds. The molecule has 1 aromatic carbocycles. The largest absolute Gasteiger partial charge is 0.461 e. The Kier molecular flexibility index (Phi) is 6.25. The van der Waals surface area contributed by atoms with Gasteiger partial charge in [-0.1, -0.05) is 18.2 Å². The summed E-state index contributed by atoms with van der Waals surface area (Å²) < 4.78 is 4.92. The van der Waals surface area contributed by atoms with Gasteiger partial charge in [-0.3, -0.25) is 0 Å². The fourth-order valence-corrected chi connectivity index (χ4v) is 2.03. The van der Waals surface area contributed by atoms with Gasteiger partial charge in [0.1, 0.15) is 5.70 Å². The van der Waals surface area contributed by atoms with Gasteiger partial charge < -0.3 is 10.1 Å². The summed E-state index contributed by atoms with van der Waals surface area (Å²) in [6.07, 6.45) is 1.84. The third-order valence-electron chi connectivity index (χ3n) is 2.05. The van der Waals surface area contributed by atoms with E-state index in [0.29, 0.717) is 12.3 Å². The van der Waals surface area contributed by atoms with Gasteiger partial charge in [0.05, 0.1) is 6.61 Å². The van der Waals surface area contributed by atoms with Gasteiger partial charge in [0.2, 0.25) is 0 Å². The fourth-order valence-electron chi connectivity index (χ4n) is 1.23. The number of carbonyl (C=O) groups is 1. The van der Waals surface area contributed by atoms with Crippen molar-refractivity contribution in [3.05, 3.63) is 42.1 Å². The van der Waals surface area contributed by atoms with Crippen LogP contribution in [0.1, 0.15) is 6.92 Å². The van der Waals surface area contributed by atoms with Gasteiger partial charge in [-0.2, -0.15) is 0 Å². The van der Waals surface area contributed by atoms with Crippen molar-refractivity contribution >= 4 is 17.7 Å². The van der Waals surface area contributed by atoms with Crippen LogP contribution in [0.5, 0.6) is 0 Å². The van der Waals surface area contributed by atoms with Crippen molar-refractivity contribution in [1.82, 2.24) is 5.32 Å². The van der Waals surface area contributed by atoms with E-state index >= 15 is 0 Å². The Labute approximate surface area is 106 Å². The van der Waals surface area contributed by atoms with E-state index in [9.17, 15) is 4.79 Å². The molecular weight excluding hydrogens is 234 g/mol. The molecule has 0 heterocycles. The molecule has 1 rings (SSSR count). The zero-order valence-electron chi connectivity index (χ0n) is 10.1. The van der Waals surface area contributed by atoms with Crippen LogP contribution in [0.2, 0.25) is 0 Å². The van der Waals surface area contributed by atoms with E-state index in [1.54, 1.807) is 25.7 Å². The Balaban J connectivity index is 2.48. The second-order valence-corrected chi connectivity index (χ2v) is 4.31. The summed E-state index contributed by atoms with van der Waals surface area (Å²) in [5.74, 6) is 0.433. The molecule has 0 bridgehead atoms. The monoisotopic (exact) mass is 251 g/mol. The van der Waals surface area contributed by atoms with Gasteiger partial charge in [0, 0.05) is 17.7 Å². The molecule has 0 aliphatic rings. The normalized spacial score (nSPS) is 11.1. The molecule has 0 radical (unpaired) electrons. The van der Waals surface area contributed by atoms with Crippen LogP contribution in [-0.2, 0) is 9.53 Å². The first-order valence-electron chi connectivity index (χ1n) is 5.50. The van der Waals surface area contributed by atoms with Gasteiger partial charge in [0.25, 0.3) is 0 Å². The molecular formula is C13H17NO2S. The van der Waals surface area contributed by atoms with Crippen LogP contribution < -0.4 is 5.32 Å². The maximum absolute atomic E-state index is 11.5. The summed E-state index contributed by atoms with van der Waals surface area (Å²) in [4.78, 5) is 12.6. The molecule has 0 spiro atoms. The summed E-state index contributed by atoms with van der Waals surface area (Å²) in [6, 6.07) is 10.1. The first-order chi connectivity index (χ1) is 8.27. The van der Waals surface area contributed by atoms with E-state index in [0.717, 1.165) is 5.75 Å². The molecule has 0 atom stereocenters. The summed E-state index contributed by atoms with van der Waals surface area (Å²) in [5.41, 5.74) is 0.510. The standard InChI is InChI=1S/C13H17NO2S/c1-3-16-13(15)12(14-2)9-10-17-11-7-5-4-6-8-11/h4-9,14H,3,10H2,1-2H3. The van der Waals surface area contributed by atoms with Crippen molar-refractivity contribution in [2.75, 3.05) is 19.4 Å². The average Bonchev–Trinajstić information content (AvgIpc) is 2.36. The summed E-state index contributed by atoms with van der Waals surface area (Å²) >= 11 is 1.68. The van der Waals surface area contributed by atoms with Crippen LogP contribution in [0.25, 0.3) is 0 Å². The molecule has 4 heteroatoms. The number of benzene rings is 1. The van der Waals surface area contributed by atoms with E-state index in [-0.39, 0.29) is 5.97 Å². The van der Waals surface area contributed by atoms with Crippen molar-refractivity contribution in [3.63, 3.8) is 0 Å². The lowest BCUT2D eigenvalue weighted by Gasteiger charge is -2.05. The van der Waals surface area contributed by atoms with E-state index in [4.69, 9.17) is 4.74 Å². The van der Waals surface area contributed by atoms with Crippen molar-refractivity contribution < 1.29 is 9.53 Å². The van der Waals surface area contributed by atoms with Crippen molar-refractivity contribution in [1.29, 1.82) is 0 Å². The van der Waals surface area contributed by atoms with Crippen LogP contribution in [-0.4, -0.2) is 25.4 Å². The third kappa shape index (κ3) is 4.95. The summed E-state index contributed by atoms with van der Waals surface area (Å²) in [7, 11) is 1.72. The van der Waals surface area contributed by atoms with Crippen LogP contribution in [0.15, 0.2) is 47.0 Å². The number of hydrogen-bond donors (Lipinski definition) is 1. The lowest BCUT2D eigenvalue weighted by molar-refractivity contribution is -0.138. The lowest BCUT2D eigenvalue weighted by Crippen LogP contribution is -2.19. The van der Waals surface area contributed by atoms with E-state index in [1.165, 1.54) is 4.90 Å². The first-order valence-corrected chi connectivity index (χ1v) is 6.49. The van der Waals surface area contributed by atoms with E-state index in [1.807, 2.05) is 36.4 Å². The van der Waals surface area contributed by atoms with Crippen molar-refractivity contribution in [2.24, 2.45) is 0 Å². The maximum atomic E-state index is 11.5. The second-order valence-electron chi connectivity index (χ2n) is 3.21. The highest BCUT2D eigenvalue weighted by Crippen LogP contribution is 2.17. The number of esters is 1. The molecule has 3 nitrogen and oxygen atoms in total. The molecule has 0 aromatic heterocycles. The Morgan fingerprint density at radius 3 is 2.71 bits per heavy atom. The molecule has 92 valence electrons. The number of ether oxygens (including phenoxy) is 1. The Bertz CT molecular complexity index is 376. The Morgan fingerprint density at radius 2 is 2.12 bits per heavy atom. The molecule has 0 saturated heterocycles. The predicted octanol–water partition coefficient (Wildman–Crippen LogP) is 2.45. The molecule has 1 N–H and O–H groups in total. The highest BCUT2D eigenvalue weighted by atomic mass is 32.2. The fraction of sp³-hybridized carbons (Fsp3) is 0.308. The molecule has 0 aliphatic heterocycles. The molecule has 17 heavy (non-hydrogen) atoms. The SMILES string of the molecule is CCOC(=O)C(=CCSc1ccccc1)NC. The lowest BCUT2D eigenvalue weighted by atomic mass is 10.4. The van der Waals surface area contributed by atoms with E-state index in [2.05, 4.69) is 5.32 Å². The Hall–Kier alpha value is -1.42. The molecule has 0 aliphatic carbocycles. The van der Waals surface area contributed by atoms with Gasteiger partial charge in [-0.05, 0) is 25.1 Å². The van der Waals surface area contributed by atoms with Gasteiger partial charge in [-0.15, -0.1) is 11.8 Å². The second kappa shape index (κ2) is 7.79. The highest BCUT2D eigenvalue weighted by Gasteiger charge is 2.07. The van der Waals surface area contributed by atoms with Gasteiger partial charge in [0.15, 0.2) is 0 Å². The van der Waals surface area contributed by atoms with E-state index < -0.39 is 0 Å². The minimum atomic E-state index is -0.302. The third-order valence-corrected chi connectivity index (χ3v) is 2.98. The zero-order valence-corrected chi connectivity index (χ0v) is 10.9. The summed E-state index contributed by atoms with van der Waals surface area (Å²) in [5, 5.41) is 2.85. The highest BCUT2D eigenvalue weighted by molar-refractivity contribution is 7.99. The molecule has 1 aromatic rings. The quantitative estimate of drug-likeness (QED) is 0.479. The maximum Gasteiger partial charge on any atom is 0.354 e. The number of rotatable bonds is 6. The number of thioether (sulfide) groups is 1. The summed E-state index contributed by atoms with van der Waals surface area (Å²) in [6.45, 7) is 2.19. The van der Waals surface area contributed by atoms with Crippen molar-refractivity contribution in [2.45, 2.75) is 11.8 Å². The first kappa shape index (κ1) is 13.6.